The van der Waals surface area contributed by atoms with Gasteiger partial charge in [0.15, 0.2) is 0 Å². The molecule has 2 amide bonds. The fourth-order valence-corrected chi connectivity index (χ4v) is 3.19. The first-order valence-electron chi connectivity index (χ1n) is 8.63. The summed E-state index contributed by atoms with van der Waals surface area (Å²) in [7, 11) is 1.66. The van der Waals surface area contributed by atoms with Crippen LogP contribution in [0.2, 0.25) is 0 Å². The van der Waals surface area contributed by atoms with Crippen molar-refractivity contribution in [2.75, 3.05) is 59.5 Å². The third-order valence-corrected chi connectivity index (χ3v) is 4.79. The van der Waals surface area contributed by atoms with Crippen molar-refractivity contribution in [1.82, 2.24) is 20.4 Å². The molecule has 2 N–H and O–H groups in total. The van der Waals surface area contributed by atoms with Crippen LogP contribution in [0.15, 0.2) is 0 Å². The lowest BCUT2D eigenvalue weighted by Gasteiger charge is -2.38. The van der Waals surface area contributed by atoms with Crippen molar-refractivity contribution in [3.8, 4) is 0 Å². The Hall–Kier alpha value is -1.18. The van der Waals surface area contributed by atoms with Gasteiger partial charge in [-0.05, 0) is 26.3 Å². The van der Waals surface area contributed by atoms with E-state index >= 15 is 0 Å². The van der Waals surface area contributed by atoms with Gasteiger partial charge in [0.05, 0.1) is 12.0 Å². The number of methoxy groups -OCH3 is 1. The molecule has 0 saturated carbocycles. The normalized spacial score (nSPS) is 23.7. The average Bonchev–Trinajstić information content (AvgIpc) is 3.12. The predicted molar refractivity (Wildman–Crippen MR) is 88.1 cm³/mol. The molecule has 0 aromatic carbocycles. The molecule has 0 aromatic rings. The van der Waals surface area contributed by atoms with E-state index in [1.165, 1.54) is 0 Å². The molecule has 2 saturated heterocycles. The summed E-state index contributed by atoms with van der Waals surface area (Å²) in [5.74, 6) is 0.468. The van der Waals surface area contributed by atoms with Gasteiger partial charge in [-0.3, -0.25) is 14.5 Å². The summed E-state index contributed by atoms with van der Waals surface area (Å²) in [6.07, 6.45) is 1.77. The van der Waals surface area contributed by atoms with Crippen LogP contribution in [-0.4, -0.2) is 87.2 Å². The second kappa shape index (κ2) is 9.20. The standard InChI is InChI=1S/C16H30N4O3/c1-13(15(21)18-5-3-11-23-2)19-7-9-20(10-8-19)16(22)14-4-6-17-12-14/h13-14,17H,3-12H2,1-2H3,(H,18,21). The van der Waals surface area contributed by atoms with Crippen LogP contribution in [0.4, 0.5) is 0 Å². The van der Waals surface area contributed by atoms with Crippen molar-refractivity contribution in [3.63, 3.8) is 0 Å². The summed E-state index contributed by atoms with van der Waals surface area (Å²) < 4.78 is 4.97. The number of carbonyl (C=O) groups is 2. The van der Waals surface area contributed by atoms with Gasteiger partial charge in [0.2, 0.25) is 11.8 Å². The van der Waals surface area contributed by atoms with Gasteiger partial charge in [-0.15, -0.1) is 0 Å². The largest absolute Gasteiger partial charge is 0.385 e. The van der Waals surface area contributed by atoms with E-state index in [0.717, 1.165) is 52.1 Å². The highest BCUT2D eigenvalue weighted by Gasteiger charge is 2.31. The molecule has 2 aliphatic rings. The van der Waals surface area contributed by atoms with E-state index in [2.05, 4.69) is 15.5 Å². The monoisotopic (exact) mass is 326 g/mol. The van der Waals surface area contributed by atoms with E-state index in [-0.39, 0.29) is 23.8 Å². The predicted octanol–water partition coefficient (Wildman–Crippen LogP) is -0.719. The molecule has 2 heterocycles. The molecule has 7 heteroatoms. The number of nitrogens with one attached hydrogen (secondary N) is 2. The number of piperazine rings is 1. The van der Waals surface area contributed by atoms with Crippen LogP contribution in [0.5, 0.6) is 0 Å². The highest BCUT2D eigenvalue weighted by atomic mass is 16.5. The Labute approximate surface area is 138 Å². The minimum absolute atomic E-state index is 0.0564. The first-order valence-corrected chi connectivity index (χ1v) is 8.63. The minimum Gasteiger partial charge on any atom is -0.385 e. The Balaban J connectivity index is 1.70. The number of hydrogen-bond acceptors (Lipinski definition) is 5. The highest BCUT2D eigenvalue weighted by molar-refractivity contribution is 5.81. The number of hydrogen-bond donors (Lipinski definition) is 2. The quantitative estimate of drug-likeness (QED) is 0.604. The number of rotatable bonds is 7. The van der Waals surface area contributed by atoms with Crippen molar-refractivity contribution >= 4 is 11.8 Å². The van der Waals surface area contributed by atoms with Crippen molar-refractivity contribution in [1.29, 1.82) is 0 Å². The third kappa shape index (κ3) is 5.16. The average molecular weight is 326 g/mol. The molecule has 0 radical (unpaired) electrons. The van der Waals surface area contributed by atoms with E-state index in [1.807, 2.05) is 11.8 Å². The molecule has 0 aromatic heterocycles. The summed E-state index contributed by atoms with van der Waals surface area (Å²) in [6, 6.07) is -0.150. The second-order valence-electron chi connectivity index (χ2n) is 6.36. The van der Waals surface area contributed by atoms with Crippen LogP contribution >= 0.6 is 0 Å². The van der Waals surface area contributed by atoms with E-state index in [4.69, 9.17) is 4.74 Å². The lowest BCUT2D eigenvalue weighted by molar-refractivity contribution is -0.137. The van der Waals surface area contributed by atoms with E-state index in [0.29, 0.717) is 13.2 Å². The number of amides is 2. The molecule has 0 aliphatic carbocycles. The second-order valence-corrected chi connectivity index (χ2v) is 6.36. The number of ether oxygens (including phenoxy) is 1. The molecule has 2 atom stereocenters. The fraction of sp³-hybridized carbons (Fsp3) is 0.875. The van der Waals surface area contributed by atoms with Crippen molar-refractivity contribution < 1.29 is 14.3 Å². The molecule has 2 aliphatic heterocycles. The van der Waals surface area contributed by atoms with Crippen molar-refractivity contribution in [3.05, 3.63) is 0 Å². The maximum atomic E-state index is 12.4. The topological polar surface area (TPSA) is 73.9 Å². The summed E-state index contributed by atoms with van der Waals surface area (Å²) in [6.45, 7) is 7.94. The highest BCUT2D eigenvalue weighted by Crippen LogP contribution is 2.14. The molecule has 132 valence electrons. The molecule has 2 fully saturated rings. The molecule has 2 rings (SSSR count). The van der Waals surface area contributed by atoms with Crippen LogP contribution in [0.3, 0.4) is 0 Å². The fourth-order valence-electron chi connectivity index (χ4n) is 3.19. The van der Waals surface area contributed by atoms with E-state index < -0.39 is 0 Å². The summed E-state index contributed by atoms with van der Waals surface area (Å²) in [5, 5.41) is 6.19. The van der Waals surface area contributed by atoms with Gasteiger partial charge < -0.3 is 20.3 Å². The Morgan fingerprint density at radius 3 is 2.65 bits per heavy atom. The van der Waals surface area contributed by atoms with Crippen LogP contribution in [-0.2, 0) is 14.3 Å². The Bertz CT molecular complexity index is 391. The molecular formula is C16H30N4O3. The molecule has 0 bridgehead atoms. The van der Waals surface area contributed by atoms with Gasteiger partial charge in [0.1, 0.15) is 0 Å². The maximum Gasteiger partial charge on any atom is 0.237 e. The Morgan fingerprint density at radius 1 is 1.30 bits per heavy atom. The van der Waals surface area contributed by atoms with Gasteiger partial charge >= 0.3 is 0 Å². The van der Waals surface area contributed by atoms with E-state index in [1.54, 1.807) is 7.11 Å². The van der Waals surface area contributed by atoms with Gasteiger partial charge in [0, 0.05) is 53.0 Å². The zero-order valence-corrected chi connectivity index (χ0v) is 14.3. The molecule has 0 spiro atoms. The van der Waals surface area contributed by atoms with Gasteiger partial charge in [0.25, 0.3) is 0 Å². The maximum absolute atomic E-state index is 12.4. The first-order chi connectivity index (χ1) is 11.1. The van der Waals surface area contributed by atoms with Crippen molar-refractivity contribution in [2.45, 2.75) is 25.8 Å². The smallest absolute Gasteiger partial charge is 0.237 e. The number of nitrogens with zero attached hydrogens (tertiary/aromatic N) is 2. The Morgan fingerprint density at radius 2 is 2.04 bits per heavy atom. The third-order valence-electron chi connectivity index (χ3n) is 4.79. The van der Waals surface area contributed by atoms with Crippen LogP contribution < -0.4 is 10.6 Å². The first kappa shape index (κ1) is 18.2. The SMILES string of the molecule is COCCCNC(=O)C(C)N1CCN(C(=O)C2CCNC2)CC1. The molecule has 7 nitrogen and oxygen atoms in total. The molecule has 23 heavy (non-hydrogen) atoms. The van der Waals surface area contributed by atoms with Crippen LogP contribution in [0, 0.1) is 5.92 Å². The Kier molecular flexibility index (Phi) is 7.26. The lowest BCUT2D eigenvalue weighted by Crippen LogP contribution is -2.55. The summed E-state index contributed by atoms with van der Waals surface area (Å²) >= 11 is 0. The van der Waals surface area contributed by atoms with Gasteiger partial charge in [-0.25, -0.2) is 0 Å². The van der Waals surface area contributed by atoms with Crippen LogP contribution in [0.25, 0.3) is 0 Å². The van der Waals surface area contributed by atoms with Crippen molar-refractivity contribution in [2.24, 2.45) is 5.92 Å². The molecular weight excluding hydrogens is 296 g/mol. The van der Waals surface area contributed by atoms with Gasteiger partial charge in [-0.2, -0.15) is 0 Å². The minimum atomic E-state index is -0.150. The lowest BCUT2D eigenvalue weighted by atomic mass is 10.1. The van der Waals surface area contributed by atoms with E-state index in [9.17, 15) is 9.59 Å². The molecule has 2 unspecified atom stereocenters. The van der Waals surface area contributed by atoms with Crippen LogP contribution in [0.1, 0.15) is 19.8 Å². The zero-order valence-electron chi connectivity index (χ0n) is 14.3. The summed E-state index contributed by atoms with van der Waals surface area (Å²) in [4.78, 5) is 28.6. The summed E-state index contributed by atoms with van der Waals surface area (Å²) in [5.41, 5.74) is 0. The van der Waals surface area contributed by atoms with Gasteiger partial charge in [-0.1, -0.05) is 0 Å². The zero-order chi connectivity index (χ0) is 16.7. The number of carbonyl (C=O) groups excluding carboxylic acids is 2.